The molecule has 2 N–H and O–H groups in total. The van der Waals surface area contributed by atoms with Crippen molar-refractivity contribution in [1.29, 1.82) is 0 Å². The number of hydrogen-bond donors (Lipinski definition) is 1. The van der Waals surface area contributed by atoms with Crippen molar-refractivity contribution in [2.75, 3.05) is 24.5 Å². The zero-order valence-corrected chi connectivity index (χ0v) is 9.57. The minimum absolute atomic E-state index is 0.319. The van der Waals surface area contributed by atoms with E-state index in [2.05, 4.69) is 9.97 Å². The minimum Gasteiger partial charge on any atom is -0.349 e. The molecular formula is C11H16F2N4. The van der Waals surface area contributed by atoms with E-state index in [-0.39, 0.29) is 6.54 Å². The fourth-order valence-corrected chi connectivity index (χ4v) is 2.22. The second-order valence-electron chi connectivity index (χ2n) is 4.10. The summed E-state index contributed by atoms with van der Waals surface area (Å²) in [5, 5.41) is 0. The van der Waals surface area contributed by atoms with Gasteiger partial charge in [-0.1, -0.05) is 0 Å². The molecule has 1 heterocycles. The van der Waals surface area contributed by atoms with E-state index in [9.17, 15) is 8.78 Å². The van der Waals surface area contributed by atoms with Crippen molar-refractivity contribution in [1.82, 2.24) is 9.97 Å². The molecule has 0 saturated heterocycles. The largest absolute Gasteiger partial charge is 0.349 e. The molecule has 1 aliphatic rings. The second kappa shape index (κ2) is 5.35. The van der Waals surface area contributed by atoms with Crippen LogP contribution >= 0.6 is 0 Å². The van der Waals surface area contributed by atoms with Crippen LogP contribution in [0.3, 0.4) is 0 Å². The van der Waals surface area contributed by atoms with Gasteiger partial charge in [0, 0.05) is 24.3 Å². The summed E-state index contributed by atoms with van der Waals surface area (Å²) in [6, 6.07) is 0. The fourth-order valence-electron chi connectivity index (χ4n) is 2.22. The van der Waals surface area contributed by atoms with E-state index in [1.807, 2.05) is 0 Å². The zero-order valence-electron chi connectivity index (χ0n) is 9.57. The van der Waals surface area contributed by atoms with Crippen LogP contribution in [0.15, 0.2) is 6.33 Å². The molecule has 17 heavy (non-hydrogen) atoms. The Morgan fingerprint density at radius 2 is 2.18 bits per heavy atom. The van der Waals surface area contributed by atoms with Gasteiger partial charge in [0.05, 0.1) is 6.54 Å². The Labute approximate surface area is 98.9 Å². The van der Waals surface area contributed by atoms with E-state index < -0.39 is 6.43 Å². The second-order valence-corrected chi connectivity index (χ2v) is 4.10. The van der Waals surface area contributed by atoms with Gasteiger partial charge in [-0.25, -0.2) is 18.7 Å². The molecule has 0 fully saturated rings. The molecule has 0 amide bonds. The van der Waals surface area contributed by atoms with Crippen LogP contribution in [0.25, 0.3) is 0 Å². The van der Waals surface area contributed by atoms with Gasteiger partial charge in [-0.05, 0) is 19.3 Å². The van der Waals surface area contributed by atoms with Crippen LogP contribution < -0.4 is 10.6 Å². The topological polar surface area (TPSA) is 55.0 Å². The smallest absolute Gasteiger partial charge is 0.255 e. The van der Waals surface area contributed by atoms with Crippen LogP contribution in [-0.4, -0.2) is 36.0 Å². The number of halogens is 2. The van der Waals surface area contributed by atoms with Crippen molar-refractivity contribution in [2.24, 2.45) is 5.73 Å². The average molecular weight is 242 g/mol. The highest BCUT2D eigenvalue weighted by Crippen LogP contribution is 2.27. The fraction of sp³-hybridized carbons (Fsp3) is 0.636. The Morgan fingerprint density at radius 3 is 2.88 bits per heavy atom. The van der Waals surface area contributed by atoms with Gasteiger partial charge in [-0.2, -0.15) is 0 Å². The summed E-state index contributed by atoms with van der Waals surface area (Å²) in [4.78, 5) is 9.90. The number of hydrogen-bond acceptors (Lipinski definition) is 4. The van der Waals surface area contributed by atoms with Gasteiger partial charge in [0.15, 0.2) is 0 Å². The summed E-state index contributed by atoms with van der Waals surface area (Å²) < 4.78 is 25.0. The molecule has 0 aliphatic heterocycles. The van der Waals surface area contributed by atoms with Gasteiger partial charge in [0.2, 0.25) is 0 Å². The lowest BCUT2D eigenvalue weighted by Crippen LogP contribution is -2.35. The van der Waals surface area contributed by atoms with Gasteiger partial charge in [-0.3, -0.25) is 0 Å². The predicted octanol–water partition coefficient (Wildman–Crippen LogP) is 0.995. The summed E-state index contributed by atoms with van der Waals surface area (Å²) in [6.45, 7) is 0.417. The maximum Gasteiger partial charge on any atom is 0.255 e. The summed E-state index contributed by atoms with van der Waals surface area (Å²) in [7, 11) is 0. The van der Waals surface area contributed by atoms with Crippen molar-refractivity contribution < 1.29 is 8.78 Å². The van der Waals surface area contributed by atoms with Gasteiger partial charge in [0.1, 0.15) is 12.1 Å². The molecule has 1 aromatic heterocycles. The average Bonchev–Trinajstić information content (AvgIpc) is 2.75. The summed E-state index contributed by atoms with van der Waals surface area (Å²) in [6.07, 6.45) is 1.88. The van der Waals surface area contributed by atoms with Crippen molar-refractivity contribution in [3.63, 3.8) is 0 Å². The van der Waals surface area contributed by atoms with Crippen molar-refractivity contribution in [2.45, 2.75) is 25.7 Å². The molecule has 2 rings (SSSR count). The number of fused-ring (bicyclic) bond motifs is 1. The molecular weight excluding hydrogens is 226 g/mol. The number of alkyl halides is 2. The normalized spacial score (nSPS) is 14.1. The van der Waals surface area contributed by atoms with Crippen LogP contribution in [0.1, 0.15) is 17.7 Å². The van der Waals surface area contributed by atoms with E-state index in [1.165, 1.54) is 6.33 Å². The van der Waals surface area contributed by atoms with Gasteiger partial charge in [-0.15, -0.1) is 0 Å². The van der Waals surface area contributed by atoms with Crippen molar-refractivity contribution in [3.8, 4) is 0 Å². The monoisotopic (exact) mass is 242 g/mol. The first kappa shape index (κ1) is 12.2. The molecule has 0 unspecified atom stereocenters. The molecule has 6 heteroatoms. The molecule has 0 radical (unpaired) electrons. The Balaban J connectivity index is 2.26. The van der Waals surface area contributed by atoms with Crippen LogP contribution in [0.4, 0.5) is 14.6 Å². The first-order valence-electron chi connectivity index (χ1n) is 5.78. The van der Waals surface area contributed by atoms with Gasteiger partial charge >= 0.3 is 0 Å². The summed E-state index contributed by atoms with van der Waals surface area (Å²) in [5.41, 5.74) is 7.47. The van der Waals surface area contributed by atoms with Crippen molar-refractivity contribution in [3.05, 3.63) is 17.6 Å². The van der Waals surface area contributed by atoms with Gasteiger partial charge < -0.3 is 10.6 Å². The van der Waals surface area contributed by atoms with E-state index in [4.69, 9.17) is 5.73 Å². The summed E-state index contributed by atoms with van der Waals surface area (Å²) >= 11 is 0. The lowest BCUT2D eigenvalue weighted by Gasteiger charge is -2.24. The van der Waals surface area contributed by atoms with Crippen LogP contribution in [0.5, 0.6) is 0 Å². The molecule has 0 spiro atoms. The first-order valence-corrected chi connectivity index (χ1v) is 5.78. The number of nitrogens with zero attached hydrogens (tertiary/aromatic N) is 3. The first-order chi connectivity index (χ1) is 8.22. The Morgan fingerprint density at radius 1 is 1.35 bits per heavy atom. The highest BCUT2D eigenvalue weighted by atomic mass is 19.3. The molecule has 1 aromatic rings. The standard InChI is InChI=1S/C11H16F2N4/c12-10(13)6-17(5-4-14)11-8-2-1-3-9(8)15-7-16-11/h7,10H,1-6,14H2. The quantitative estimate of drug-likeness (QED) is 0.836. The Kier molecular flexibility index (Phi) is 3.83. The maximum atomic E-state index is 12.5. The Hall–Kier alpha value is -1.30. The third-order valence-electron chi connectivity index (χ3n) is 2.91. The third-order valence-corrected chi connectivity index (χ3v) is 2.91. The molecule has 0 saturated carbocycles. The van der Waals surface area contributed by atoms with E-state index in [1.54, 1.807) is 4.90 Å². The number of aryl methyl sites for hydroxylation is 1. The lowest BCUT2D eigenvalue weighted by molar-refractivity contribution is 0.154. The molecule has 0 atom stereocenters. The van der Waals surface area contributed by atoms with Gasteiger partial charge in [0.25, 0.3) is 6.43 Å². The third kappa shape index (κ3) is 2.69. The summed E-state index contributed by atoms with van der Waals surface area (Å²) in [5.74, 6) is 0.637. The van der Waals surface area contributed by atoms with E-state index in [0.717, 1.165) is 30.5 Å². The molecule has 94 valence electrons. The molecule has 1 aliphatic carbocycles. The molecule has 0 aromatic carbocycles. The number of nitrogens with two attached hydrogens (primary N) is 1. The highest BCUT2D eigenvalue weighted by Gasteiger charge is 2.22. The minimum atomic E-state index is -2.38. The van der Waals surface area contributed by atoms with Crippen LogP contribution in [0.2, 0.25) is 0 Å². The van der Waals surface area contributed by atoms with E-state index in [0.29, 0.717) is 18.9 Å². The zero-order chi connectivity index (χ0) is 12.3. The number of anilines is 1. The lowest BCUT2D eigenvalue weighted by atomic mass is 10.2. The van der Waals surface area contributed by atoms with Crippen LogP contribution in [0, 0.1) is 0 Å². The number of rotatable bonds is 5. The predicted molar refractivity (Wildman–Crippen MR) is 61.3 cm³/mol. The van der Waals surface area contributed by atoms with Crippen molar-refractivity contribution >= 4 is 5.82 Å². The Bertz CT molecular complexity index is 384. The van der Waals surface area contributed by atoms with Crippen LogP contribution in [-0.2, 0) is 12.8 Å². The SMILES string of the molecule is NCCN(CC(F)F)c1ncnc2c1CCC2. The maximum absolute atomic E-state index is 12.5. The number of aromatic nitrogens is 2. The van der Waals surface area contributed by atoms with E-state index >= 15 is 0 Å². The highest BCUT2D eigenvalue weighted by molar-refractivity contribution is 5.50. The molecule has 0 bridgehead atoms. The molecule has 4 nitrogen and oxygen atoms in total.